The van der Waals surface area contributed by atoms with Crippen LogP contribution in [-0.2, 0) is 5.41 Å². The predicted molar refractivity (Wildman–Crippen MR) is 78.4 cm³/mol. The van der Waals surface area contributed by atoms with Crippen molar-refractivity contribution in [3.63, 3.8) is 0 Å². The van der Waals surface area contributed by atoms with Crippen LogP contribution in [0.25, 0.3) is 0 Å². The Hall–Kier alpha value is -0.930. The Morgan fingerprint density at radius 1 is 1.32 bits per heavy atom. The second kappa shape index (κ2) is 5.22. The van der Waals surface area contributed by atoms with E-state index >= 15 is 0 Å². The zero-order valence-electron chi connectivity index (χ0n) is 12.0. The van der Waals surface area contributed by atoms with Gasteiger partial charge in [-0.05, 0) is 31.2 Å². The van der Waals surface area contributed by atoms with E-state index in [2.05, 4.69) is 13.8 Å². The van der Waals surface area contributed by atoms with Crippen molar-refractivity contribution >= 4 is 11.6 Å². The lowest BCUT2D eigenvalue weighted by atomic mass is 9.86. The van der Waals surface area contributed by atoms with Crippen molar-refractivity contribution in [2.45, 2.75) is 45.6 Å². The first-order chi connectivity index (χ1) is 8.92. The van der Waals surface area contributed by atoms with Gasteiger partial charge in [0.15, 0.2) is 11.5 Å². The summed E-state index contributed by atoms with van der Waals surface area (Å²) >= 11 is 6.44. The fourth-order valence-electron chi connectivity index (χ4n) is 2.98. The van der Waals surface area contributed by atoms with Gasteiger partial charge in [-0.15, -0.1) is 0 Å². The molecule has 0 aromatic heterocycles. The van der Waals surface area contributed by atoms with Crippen molar-refractivity contribution in [1.29, 1.82) is 0 Å². The average molecular weight is 284 g/mol. The molecule has 0 bridgehead atoms. The molecule has 0 saturated carbocycles. The topological polar surface area (TPSA) is 44.5 Å². The van der Waals surface area contributed by atoms with Crippen molar-refractivity contribution < 1.29 is 9.47 Å². The number of rotatable bonds is 4. The molecule has 1 aromatic rings. The van der Waals surface area contributed by atoms with Gasteiger partial charge in [0.2, 0.25) is 0 Å². The SMILES string of the molecule is CCOc1cc(Cl)c2c(c1OCC)C(N)CC2(C)C. The largest absolute Gasteiger partial charge is 0.490 e. The minimum absolute atomic E-state index is 0.0254. The molecule has 106 valence electrons. The summed E-state index contributed by atoms with van der Waals surface area (Å²) in [5.74, 6) is 1.46. The van der Waals surface area contributed by atoms with Crippen molar-refractivity contribution in [1.82, 2.24) is 0 Å². The first-order valence-corrected chi connectivity index (χ1v) is 7.18. The van der Waals surface area contributed by atoms with Crippen LogP contribution in [0.1, 0.15) is 51.3 Å². The fraction of sp³-hybridized carbons (Fsp3) is 0.600. The van der Waals surface area contributed by atoms with Crippen LogP contribution in [0.5, 0.6) is 11.5 Å². The lowest BCUT2D eigenvalue weighted by Crippen LogP contribution is -2.14. The lowest BCUT2D eigenvalue weighted by molar-refractivity contribution is 0.284. The van der Waals surface area contributed by atoms with Crippen molar-refractivity contribution in [3.8, 4) is 11.5 Å². The molecule has 2 N–H and O–H groups in total. The van der Waals surface area contributed by atoms with Crippen molar-refractivity contribution in [3.05, 3.63) is 22.2 Å². The van der Waals surface area contributed by atoms with E-state index in [9.17, 15) is 0 Å². The van der Waals surface area contributed by atoms with Crippen LogP contribution in [0.4, 0.5) is 0 Å². The average Bonchev–Trinajstić information content (AvgIpc) is 2.55. The highest BCUT2D eigenvalue weighted by atomic mass is 35.5. The Balaban J connectivity index is 2.66. The molecule has 4 heteroatoms. The van der Waals surface area contributed by atoms with Crippen LogP contribution < -0.4 is 15.2 Å². The van der Waals surface area contributed by atoms with E-state index in [1.807, 2.05) is 19.9 Å². The molecule has 3 nitrogen and oxygen atoms in total. The van der Waals surface area contributed by atoms with Crippen LogP contribution in [0.3, 0.4) is 0 Å². The molecule has 0 heterocycles. The molecular weight excluding hydrogens is 262 g/mol. The number of benzene rings is 1. The molecule has 0 saturated heterocycles. The van der Waals surface area contributed by atoms with Crippen LogP contribution in [0.15, 0.2) is 6.07 Å². The summed E-state index contributed by atoms with van der Waals surface area (Å²) < 4.78 is 11.4. The molecule has 0 fully saturated rings. The summed E-state index contributed by atoms with van der Waals surface area (Å²) in [6, 6.07) is 1.80. The molecule has 0 aliphatic heterocycles. The van der Waals surface area contributed by atoms with Gasteiger partial charge in [-0.2, -0.15) is 0 Å². The number of hydrogen-bond donors (Lipinski definition) is 1. The zero-order chi connectivity index (χ0) is 14.2. The number of ether oxygens (including phenoxy) is 2. The highest BCUT2D eigenvalue weighted by Crippen LogP contribution is 2.53. The third-order valence-electron chi connectivity index (χ3n) is 3.60. The number of hydrogen-bond acceptors (Lipinski definition) is 3. The number of fused-ring (bicyclic) bond motifs is 1. The molecule has 2 rings (SSSR count). The first-order valence-electron chi connectivity index (χ1n) is 6.80. The van der Waals surface area contributed by atoms with Gasteiger partial charge in [-0.1, -0.05) is 25.4 Å². The van der Waals surface area contributed by atoms with E-state index in [1.54, 1.807) is 0 Å². The Kier molecular flexibility index (Phi) is 3.98. The van der Waals surface area contributed by atoms with Gasteiger partial charge < -0.3 is 15.2 Å². The molecule has 1 unspecified atom stereocenters. The highest BCUT2D eigenvalue weighted by Gasteiger charge is 2.40. The quantitative estimate of drug-likeness (QED) is 0.914. The first kappa shape index (κ1) is 14.5. The van der Waals surface area contributed by atoms with Gasteiger partial charge in [-0.3, -0.25) is 0 Å². The lowest BCUT2D eigenvalue weighted by Gasteiger charge is -2.22. The molecule has 1 atom stereocenters. The summed E-state index contributed by atoms with van der Waals surface area (Å²) in [6.45, 7) is 9.40. The normalized spacial score (nSPS) is 20.2. The molecule has 1 aliphatic carbocycles. The number of halogens is 1. The summed E-state index contributed by atoms with van der Waals surface area (Å²) in [5.41, 5.74) is 8.39. The Morgan fingerprint density at radius 2 is 1.95 bits per heavy atom. The van der Waals surface area contributed by atoms with Crippen LogP contribution >= 0.6 is 11.6 Å². The Labute approximate surface area is 120 Å². The molecule has 1 aromatic carbocycles. The van der Waals surface area contributed by atoms with E-state index in [1.165, 1.54) is 0 Å². The second-order valence-corrected chi connectivity index (χ2v) is 5.94. The van der Waals surface area contributed by atoms with Gasteiger partial charge in [0, 0.05) is 22.7 Å². The van der Waals surface area contributed by atoms with Crippen LogP contribution in [-0.4, -0.2) is 13.2 Å². The van der Waals surface area contributed by atoms with Gasteiger partial charge in [0.1, 0.15) is 0 Å². The third-order valence-corrected chi connectivity index (χ3v) is 3.90. The van der Waals surface area contributed by atoms with Crippen molar-refractivity contribution in [2.24, 2.45) is 5.73 Å². The standard InChI is InChI=1S/C15H22ClNO2/c1-5-18-11-7-9(16)13-12(14(11)19-6-2)10(17)8-15(13,3)4/h7,10H,5-6,8,17H2,1-4H3. The Bertz CT molecular complexity index is 486. The van der Waals surface area contributed by atoms with Gasteiger partial charge in [0.05, 0.1) is 13.2 Å². The van der Waals surface area contributed by atoms with E-state index in [0.717, 1.165) is 28.3 Å². The Morgan fingerprint density at radius 3 is 2.53 bits per heavy atom. The van der Waals surface area contributed by atoms with E-state index in [0.29, 0.717) is 19.0 Å². The van der Waals surface area contributed by atoms with Gasteiger partial charge >= 0.3 is 0 Å². The summed E-state index contributed by atoms with van der Waals surface area (Å²) in [7, 11) is 0. The van der Waals surface area contributed by atoms with E-state index in [-0.39, 0.29) is 11.5 Å². The molecule has 0 radical (unpaired) electrons. The minimum Gasteiger partial charge on any atom is -0.490 e. The number of nitrogens with two attached hydrogens (primary N) is 1. The molecule has 0 amide bonds. The molecular formula is C15H22ClNO2. The monoisotopic (exact) mass is 283 g/mol. The smallest absolute Gasteiger partial charge is 0.166 e. The summed E-state index contributed by atoms with van der Waals surface area (Å²) in [5, 5.41) is 0.722. The molecule has 0 spiro atoms. The minimum atomic E-state index is -0.0514. The third kappa shape index (κ3) is 2.41. The second-order valence-electron chi connectivity index (χ2n) is 5.53. The molecule has 1 aliphatic rings. The summed E-state index contributed by atoms with van der Waals surface area (Å²) in [4.78, 5) is 0. The van der Waals surface area contributed by atoms with Crippen LogP contribution in [0, 0.1) is 0 Å². The summed E-state index contributed by atoms with van der Waals surface area (Å²) in [6.07, 6.45) is 0.873. The maximum absolute atomic E-state index is 6.44. The maximum Gasteiger partial charge on any atom is 0.166 e. The fourth-order valence-corrected chi connectivity index (χ4v) is 3.44. The van der Waals surface area contributed by atoms with Gasteiger partial charge in [-0.25, -0.2) is 0 Å². The highest BCUT2D eigenvalue weighted by molar-refractivity contribution is 6.32. The van der Waals surface area contributed by atoms with Gasteiger partial charge in [0.25, 0.3) is 0 Å². The van der Waals surface area contributed by atoms with E-state index in [4.69, 9.17) is 26.8 Å². The zero-order valence-corrected chi connectivity index (χ0v) is 12.8. The van der Waals surface area contributed by atoms with Crippen molar-refractivity contribution in [2.75, 3.05) is 13.2 Å². The molecule has 19 heavy (non-hydrogen) atoms. The predicted octanol–water partition coefficient (Wildman–Crippen LogP) is 3.82. The maximum atomic E-state index is 6.44. The van der Waals surface area contributed by atoms with E-state index < -0.39 is 0 Å². The van der Waals surface area contributed by atoms with Crippen LogP contribution in [0.2, 0.25) is 5.02 Å².